The van der Waals surface area contributed by atoms with Crippen LogP contribution in [0.1, 0.15) is 18.1 Å². The molecule has 4 heteroatoms. The van der Waals surface area contributed by atoms with Crippen LogP contribution in [0.15, 0.2) is 24.3 Å². The predicted octanol–water partition coefficient (Wildman–Crippen LogP) is 2.19. The summed E-state index contributed by atoms with van der Waals surface area (Å²) in [6.07, 6.45) is 0. The van der Waals surface area contributed by atoms with Gasteiger partial charge in [0.1, 0.15) is 0 Å². The Kier molecular flexibility index (Phi) is 5.50. The third kappa shape index (κ3) is 3.99. The highest BCUT2D eigenvalue weighted by Crippen LogP contribution is 2.11. The van der Waals surface area contributed by atoms with E-state index in [1.807, 2.05) is 0 Å². The van der Waals surface area contributed by atoms with Crippen molar-refractivity contribution in [3.05, 3.63) is 35.4 Å². The van der Waals surface area contributed by atoms with Gasteiger partial charge in [0.15, 0.2) is 0 Å². The van der Waals surface area contributed by atoms with Crippen LogP contribution in [0.4, 0.5) is 0 Å². The largest absolute Gasteiger partial charge is 0.314 e. The third-order valence-electron chi connectivity index (χ3n) is 3.57. The minimum Gasteiger partial charge on any atom is -0.314 e. The molecule has 1 aromatic carbocycles. The monoisotopic (exact) mass is 266 g/mol. The number of hydrogen-bond acceptors (Lipinski definition) is 4. The molecule has 0 aromatic heterocycles. The van der Waals surface area contributed by atoms with E-state index >= 15 is 0 Å². The lowest BCUT2D eigenvalue weighted by Crippen LogP contribution is -2.45. The molecule has 0 radical (unpaired) electrons. The first-order valence-electron chi connectivity index (χ1n) is 6.60. The molecule has 1 aliphatic heterocycles. The lowest BCUT2D eigenvalue weighted by atomic mass is 10.1. The second kappa shape index (κ2) is 7.14. The number of piperazine rings is 1. The first-order valence-corrected chi connectivity index (χ1v) is 6.97. The molecule has 0 atom stereocenters. The van der Waals surface area contributed by atoms with Gasteiger partial charge in [-0.15, -0.1) is 0 Å². The average Bonchev–Trinajstić information content (AvgIpc) is 2.42. The molecular formula is C14H22N2OS. The zero-order chi connectivity index (χ0) is 12.8. The highest BCUT2D eigenvalue weighted by atomic mass is 32.1. The number of thiol groups is 1. The Balaban J connectivity index is 1.82. The van der Waals surface area contributed by atoms with Crippen molar-refractivity contribution < 1.29 is 4.18 Å². The van der Waals surface area contributed by atoms with Crippen LogP contribution in [0.5, 0.6) is 0 Å². The molecule has 0 bridgehead atoms. The van der Waals surface area contributed by atoms with E-state index in [0.717, 1.165) is 6.54 Å². The number of nitrogens with zero attached hydrogens (tertiary/aromatic N) is 2. The van der Waals surface area contributed by atoms with Crippen LogP contribution >= 0.6 is 12.9 Å². The molecule has 100 valence electrons. The van der Waals surface area contributed by atoms with Crippen LogP contribution in [0.25, 0.3) is 0 Å². The summed E-state index contributed by atoms with van der Waals surface area (Å²) in [6, 6.07) is 8.62. The molecule has 0 spiro atoms. The van der Waals surface area contributed by atoms with Gasteiger partial charge in [-0.05, 0) is 30.6 Å². The van der Waals surface area contributed by atoms with Crippen LogP contribution < -0.4 is 0 Å². The fraction of sp³-hybridized carbons (Fsp3) is 0.571. The molecule has 0 N–H and O–H groups in total. The van der Waals surface area contributed by atoms with Gasteiger partial charge in [-0.2, -0.15) is 0 Å². The Hall–Kier alpha value is -0.550. The highest BCUT2D eigenvalue weighted by molar-refractivity contribution is 7.75. The van der Waals surface area contributed by atoms with Gasteiger partial charge >= 0.3 is 0 Å². The van der Waals surface area contributed by atoms with Gasteiger partial charge in [-0.3, -0.25) is 4.90 Å². The Morgan fingerprint density at radius 1 is 1.00 bits per heavy atom. The van der Waals surface area contributed by atoms with Crippen molar-refractivity contribution in [1.29, 1.82) is 0 Å². The van der Waals surface area contributed by atoms with E-state index in [-0.39, 0.29) is 0 Å². The van der Waals surface area contributed by atoms with Gasteiger partial charge in [0, 0.05) is 32.7 Å². The summed E-state index contributed by atoms with van der Waals surface area (Å²) in [5, 5.41) is 0. The molecular weight excluding hydrogens is 244 g/mol. The molecule has 2 rings (SSSR count). The molecule has 18 heavy (non-hydrogen) atoms. The van der Waals surface area contributed by atoms with Crippen molar-refractivity contribution in [3.63, 3.8) is 0 Å². The van der Waals surface area contributed by atoms with Crippen molar-refractivity contribution in [3.8, 4) is 0 Å². The topological polar surface area (TPSA) is 15.7 Å². The van der Waals surface area contributed by atoms with E-state index in [2.05, 4.69) is 53.9 Å². The summed E-state index contributed by atoms with van der Waals surface area (Å²) < 4.78 is 4.82. The van der Waals surface area contributed by atoms with Crippen molar-refractivity contribution in [2.45, 2.75) is 20.1 Å². The SMILES string of the molecule is CCN1CCN(Cc2ccc(COS)cc2)CC1. The molecule has 1 aromatic rings. The molecule has 0 amide bonds. The van der Waals surface area contributed by atoms with Gasteiger partial charge in [-0.25, -0.2) is 0 Å². The second-order valence-corrected chi connectivity index (χ2v) is 5.06. The van der Waals surface area contributed by atoms with Crippen molar-refractivity contribution >= 4 is 12.9 Å². The van der Waals surface area contributed by atoms with E-state index in [1.54, 1.807) is 0 Å². The summed E-state index contributed by atoms with van der Waals surface area (Å²) >= 11 is 3.77. The molecule has 1 saturated heterocycles. The smallest absolute Gasteiger partial charge is 0.0861 e. The maximum Gasteiger partial charge on any atom is 0.0861 e. The van der Waals surface area contributed by atoms with Crippen LogP contribution in [-0.4, -0.2) is 42.5 Å². The Labute approximate surface area is 115 Å². The average molecular weight is 266 g/mol. The van der Waals surface area contributed by atoms with Crippen LogP contribution in [-0.2, 0) is 17.3 Å². The summed E-state index contributed by atoms with van der Waals surface area (Å²) in [6.45, 7) is 9.77. The molecule has 0 aliphatic carbocycles. The zero-order valence-corrected chi connectivity index (χ0v) is 11.9. The minimum absolute atomic E-state index is 0.568. The van der Waals surface area contributed by atoms with Gasteiger partial charge in [0.2, 0.25) is 0 Å². The fourth-order valence-corrected chi connectivity index (χ4v) is 2.49. The van der Waals surface area contributed by atoms with Crippen LogP contribution in [0.2, 0.25) is 0 Å². The molecule has 1 aliphatic rings. The number of likely N-dealkylation sites (N-methyl/N-ethyl adjacent to an activating group) is 1. The van der Waals surface area contributed by atoms with Gasteiger partial charge in [0.05, 0.1) is 6.61 Å². The van der Waals surface area contributed by atoms with Crippen molar-refractivity contribution in [1.82, 2.24) is 9.80 Å². The van der Waals surface area contributed by atoms with Gasteiger partial charge < -0.3 is 9.08 Å². The summed E-state index contributed by atoms with van der Waals surface area (Å²) in [4.78, 5) is 5.03. The minimum atomic E-state index is 0.568. The van der Waals surface area contributed by atoms with Gasteiger partial charge in [0.25, 0.3) is 0 Å². The maximum atomic E-state index is 4.82. The highest BCUT2D eigenvalue weighted by Gasteiger charge is 2.15. The van der Waals surface area contributed by atoms with Crippen LogP contribution in [0, 0.1) is 0 Å². The van der Waals surface area contributed by atoms with E-state index in [4.69, 9.17) is 4.18 Å². The molecule has 3 nitrogen and oxygen atoms in total. The zero-order valence-electron chi connectivity index (χ0n) is 11.0. The normalized spacial score (nSPS) is 18.1. The van der Waals surface area contributed by atoms with Crippen molar-refractivity contribution in [2.24, 2.45) is 0 Å². The Morgan fingerprint density at radius 3 is 2.11 bits per heavy atom. The second-order valence-electron chi connectivity index (χ2n) is 4.80. The number of rotatable bonds is 5. The van der Waals surface area contributed by atoms with Crippen molar-refractivity contribution in [2.75, 3.05) is 32.7 Å². The molecule has 1 fully saturated rings. The predicted molar refractivity (Wildman–Crippen MR) is 77.6 cm³/mol. The summed E-state index contributed by atoms with van der Waals surface area (Å²) in [5.74, 6) is 0. The fourth-order valence-electron chi connectivity index (χ4n) is 2.34. The first kappa shape index (κ1) is 13.9. The van der Waals surface area contributed by atoms with Crippen LogP contribution in [0.3, 0.4) is 0 Å². The third-order valence-corrected chi connectivity index (χ3v) is 3.70. The summed E-state index contributed by atoms with van der Waals surface area (Å²) in [7, 11) is 0. The Morgan fingerprint density at radius 2 is 1.56 bits per heavy atom. The standard InChI is InChI=1S/C14H22N2OS/c1-2-15-7-9-16(10-8-15)11-13-3-5-14(6-4-13)12-17-18/h3-6,18H,2,7-12H2,1H3. The number of hydrogen-bond donors (Lipinski definition) is 1. The molecule has 1 heterocycles. The van der Waals surface area contributed by atoms with E-state index in [1.165, 1.54) is 43.9 Å². The lowest BCUT2D eigenvalue weighted by molar-refractivity contribution is 0.132. The molecule has 0 unspecified atom stereocenters. The lowest BCUT2D eigenvalue weighted by Gasteiger charge is -2.34. The van der Waals surface area contributed by atoms with E-state index in [9.17, 15) is 0 Å². The van der Waals surface area contributed by atoms with E-state index < -0.39 is 0 Å². The number of benzene rings is 1. The quantitative estimate of drug-likeness (QED) is 0.650. The maximum absolute atomic E-state index is 4.82. The Bertz CT molecular complexity index is 347. The van der Waals surface area contributed by atoms with Gasteiger partial charge in [-0.1, -0.05) is 31.2 Å². The van der Waals surface area contributed by atoms with E-state index in [0.29, 0.717) is 6.61 Å². The molecule has 0 saturated carbocycles. The first-order chi connectivity index (χ1) is 8.81. The summed E-state index contributed by atoms with van der Waals surface area (Å²) in [5.41, 5.74) is 2.55.